The second-order valence-electron chi connectivity index (χ2n) is 9.15. The third kappa shape index (κ3) is 5.90. The van der Waals surface area contributed by atoms with Crippen molar-refractivity contribution in [3.8, 4) is 0 Å². The molecular formula is C24H29F4N5O2. The second kappa shape index (κ2) is 10.4. The molecule has 190 valence electrons. The van der Waals surface area contributed by atoms with Crippen LogP contribution in [0.25, 0.3) is 0 Å². The van der Waals surface area contributed by atoms with Gasteiger partial charge in [0.15, 0.2) is 0 Å². The van der Waals surface area contributed by atoms with Crippen molar-refractivity contribution >= 4 is 11.7 Å². The first-order chi connectivity index (χ1) is 16.6. The Kier molecular flexibility index (Phi) is 7.56. The van der Waals surface area contributed by atoms with Crippen LogP contribution >= 0.6 is 0 Å². The quantitative estimate of drug-likeness (QED) is 0.617. The minimum Gasteiger partial charge on any atom is -0.393 e. The molecule has 0 atom stereocenters. The maximum Gasteiger partial charge on any atom is 0.419 e. The first-order valence-corrected chi connectivity index (χ1v) is 11.8. The van der Waals surface area contributed by atoms with Crippen LogP contribution in [0.15, 0.2) is 24.5 Å². The molecule has 3 heterocycles. The van der Waals surface area contributed by atoms with E-state index in [9.17, 15) is 27.5 Å². The Balaban J connectivity index is 1.37. The smallest absolute Gasteiger partial charge is 0.393 e. The summed E-state index contributed by atoms with van der Waals surface area (Å²) in [5.74, 6) is -1.16. The molecule has 0 spiro atoms. The molecule has 0 unspecified atom stereocenters. The summed E-state index contributed by atoms with van der Waals surface area (Å²) in [6, 6.07) is 3.16. The summed E-state index contributed by atoms with van der Waals surface area (Å²) in [5, 5.41) is 12.7. The summed E-state index contributed by atoms with van der Waals surface area (Å²) < 4.78 is 52.2. The number of carbonyl (C=O) groups excluding carboxylic acids is 1. The number of likely N-dealkylation sites (tertiary alicyclic amines) is 2. The monoisotopic (exact) mass is 495 g/mol. The van der Waals surface area contributed by atoms with E-state index in [-0.39, 0.29) is 24.2 Å². The summed E-state index contributed by atoms with van der Waals surface area (Å²) >= 11 is 0. The highest BCUT2D eigenvalue weighted by atomic mass is 19.4. The predicted molar refractivity (Wildman–Crippen MR) is 121 cm³/mol. The van der Waals surface area contributed by atoms with Gasteiger partial charge in [-0.1, -0.05) is 6.07 Å². The number of benzene rings is 1. The number of nitrogens with zero attached hydrogens (tertiary/aromatic N) is 4. The molecule has 0 saturated carbocycles. The van der Waals surface area contributed by atoms with Crippen LogP contribution < -0.4 is 5.32 Å². The molecule has 2 aliphatic rings. The van der Waals surface area contributed by atoms with E-state index in [1.54, 1.807) is 11.8 Å². The van der Waals surface area contributed by atoms with E-state index in [2.05, 4.69) is 20.2 Å². The van der Waals surface area contributed by atoms with E-state index >= 15 is 0 Å². The van der Waals surface area contributed by atoms with Crippen molar-refractivity contribution in [1.29, 1.82) is 0 Å². The van der Waals surface area contributed by atoms with E-state index in [1.807, 2.05) is 0 Å². The van der Waals surface area contributed by atoms with Crippen LogP contribution in [-0.2, 0) is 12.7 Å². The van der Waals surface area contributed by atoms with Crippen molar-refractivity contribution in [3.05, 3.63) is 52.7 Å². The van der Waals surface area contributed by atoms with Gasteiger partial charge in [-0.05, 0) is 50.3 Å². The average molecular weight is 496 g/mol. The predicted octanol–water partition coefficient (Wildman–Crippen LogP) is 3.62. The molecule has 0 aliphatic carbocycles. The number of halogens is 4. The highest BCUT2D eigenvalue weighted by Gasteiger charge is 2.34. The zero-order chi connectivity index (χ0) is 25.2. The number of nitrogens with one attached hydrogen (secondary N) is 1. The largest absolute Gasteiger partial charge is 0.419 e. The molecule has 0 bridgehead atoms. The number of aliphatic hydroxyl groups is 1. The van der Waals surface area contributed by atoms with Crippen molar-refractivity contribution < 1.29 is 27.5 Å². The molecule has 7 nitrogen and oxygen atoms in total. The van der Waals surface area contributed by atoms with Crippen LogP contribution in [0.2, 0.25) is 0 Å². The third-order valence-corrected chi connectivity index (χ3v) is 6.85. The fourth-order valence-electron chi connectivity index (χ4n) is 4.76. The summed E-state index contributed by atoms with van der Waals surface area (Å²) in [6.45, 7) is 4.72. The van der Waals surface area contributed by atoms with Crippen LogP contribution in [0.3, 0.4) is 0 Å². The van der Waals surface area contributed by atoms with Crippen LogP contribution in [0.1, 0.15) is 52.9 Å². The number of amides is 1. The minimum absolute atomic E-state index is 0.0382. The van der Waals surface area contributed by atoms with Gasteiger partial charge in [-0.3, -0.25) is 4.79 Å². The molecule has 2 saturated heterocycles. The van der Waals surface area contributed by atoms with Gasteiger partial charge in [-0.25, -0.2) is 14.4 Å². The summed E-state index contributed by atoms with van der Waals surface area (Å²) in [5.41, 5.74) is -0.208. The number of alkyl halides is 3. The van der Waals surface area contributed by atoms with Gasteiger partial charge in [-0.15, -0.1) is 0 Å². The molecule has 1 aromatic carbocycles. The molecular weight excluding hydrogens is 466 g/mol. The van der Waals surface area contributed by atoms with Crippen LogP contribution in [0.5, 0.6) is 0 Å². The van der Waals surface area contributed by atoms with E-state index in [0.29, 0.717) is 42.1 Å². The SMILES string of the molecule is Cc1c(NCc2ccc(C(F)(F)F)c(F)c2)ncnc1C(=O)N1CCC(N2CCC(O)CC2)CC1. The van der Waals surface area contributed by atoms with E-state index in [4.69, 9.17) is 0 Å². The maximum atomic E-state index is 13.9. The van der Waals surface area contributed by atoms with Gasteiger partial charge in [0.2, 0.25) is 0 Å². The lowest BCUT2D eigenvalue weighted by Gasteiger charge is -2.41. The lowest BCUT2D eigenvalue weighted by atomic mass is 9.98. The van der Waals surface area contributed by atoms with Crippen LogP contribution in [0, 0.1) is 12.7 Å². The van der Waals surface area contributed by atoms with Gasteiger partial charge in [-0.2, -0.15) is 13.2 Å². The zero-order valence-electron chi connectivity index (χ0n) is 19.5. The van der Waals surface area contributed by atoms with Crippen LogP contribution in [-0.4, -0.2) is 69.1 Å². The lowest BCUT2D eigenvalue weighted by Crippen LogP contribution is -2.49. The van der Waals surface area contributed by atoms with Gasteiger partial charge >= 0.3 is 6.18 Å². The number of anilines is 1. The molecule has 1 aromatic heterocycles. The van der Waals surface area contributed by atoms with Gasteiger partial charge < -0.3 is 20.2 Å². The number of carbonyl (C=O) groups is 1. The van der Waals surface area contributed by atoms with E-state index in [1.165, 1.54) is 12.4 Å². The first-order valence-electron chi connectivity index (χ1n) is 11.8. The lowest BCUT2D eigenvalue weighted by molar-refractivity contribution is -0.140. The number of hydrogen-bond donors (Lipinski definition) is 2. The molecule has 2 N–H and O–H groups in total. The van der Waals surface area contributed by atoms with Crippen molar-refractivity contribution in [2.45, 2.75) is 57.5 Å². The number of hydrogen-bond acceptors (Lipinski definition) is 6. The maximum absolute atomic E-state index is 13.9. The number of piperidine rings is 2. The molecule has 4 rings (SSSR count). The Hall–Kier alpha value is -2.79. The average Bonchev–Trinajstić information content (AvgIpc) is 2.83. The Morgan fingerprint density at radius 2 is 1.80 bits per heavy atom. The Morgan fingerprint density at radius 3 is 2.43 bits per heavy atom. The normalized spacial score (nSPS) is 18.6. The first kappa shape index (κ1) is 25.3. The van der Waals surface area contributed by atoms with Crippen molar-refractivity contribution in [3.63, 3.8) is 0 Å². The summed E-state index contributed by atoms with van der Waals surface area (Å²) in [7, 11) is 0. The zero-order valence-corrected chi connectivity index (χ0v) is 19.5. The van der Waals surface area contributed by atoms with E-state index in [0.717, 1.165) is 44.8 Å². The molecule has 1 amide bonds. The Bertz CT molecular complexity index is 1050. The topological polar surface area (TPSA) is 81.6 Å². The highest BCUT2D eigenvalue weighted by molar-refractivity contribution is 5.94. The third-order valence-electron chi connectivity index (χ3n) is 6.85. The van der Waals surface area contributed by atoms with Crippen molar-refractivity contribution in [1.82, 2.24) is 19.8 Å². The fraction of sp³-hybridized carbons (Fsp3) is 0.542. The highest BCUT2D eigenvalue weighted by Crippen LogP contribution is 2.31. The van der Waals surface area contributed by atoms with Gasteiger partial charge in [0.25, 0.3) is 5.91 Å². The number of aliphatic hydroxyl groups excluding tert-OH is 1. The van der Waals surface area contributed by atoms with Gasteiger partial charge in [0.1, 0.15) is 23.7 Å². The molecule has 11 heteroatoms. The van der Waals surface area contributed by atoms with Crippen LogP contribution in [0.4, 0.5) is 23.4 Å². The van der Waals surface area contributed by atoms with Crippen molar-refractivity contribution in [2.24, 2.45) is 0 Å². The fourth-order valence-corrected chi connectivity index (χ4v) is 4.76. The Morgan fingerprint density at radius 1 is 1.11 bits per heavy atom. The Labute approximate surface area is 201 Å². The number of aromatic nitrogens is 2. The standard InChI is InChI=1S/C24H29F4N5O2/c1-15-21(23(35)33-8-4-17(5-9-33)32-10-6-18(34)7-11-32)30-14-31-22(15)29-13-16-2-3-19(20(25)12-16)24(26,27)28/h2-3,12,14,17-18,34H,4-11,13H2,1H3,(H,29,30,31). The summed E-state index contributed by atoms with van der Waals surface area (Å²) in [4.78, 5) is 25.7. The molecule has 0 radical (unpaired) electrons. The molecule has 2 aromatic rings. The van der Waals surface area contributed by atoms with E-state index < -0.39 is 17.6 Å². The van der Waals surface area contributed by atoms with Crippen molar-refractivity contribution in [2.75, 3.05) is 31.5 Å². The molecule has 2 aliphatic heterocycles. The minimum atomic E-state index is -4.75. The van der Waals surface area contributed by atoms with Gasteiger partial charge in [0.05, 0.1) is 11.7 Å². The summed E-state index contributed by atoms with van der Waals surface area (Å²) in [6.07, 6.45) is -0.411. The second-order valence-corrected chi connectivity index (χ2v) is 9.15. The van der Waals surface area contributed by atoms with Gasteiger partial charge in [0, 0.05) is 44.3 Å². The molecule has 2 fully saturated rings. The number of rotatable bonds is 5. The molecule has 35 heavy (non-hydrogen) atoms.